The second kappa shape index (κ2) is 3.89. The van der Waals surface area contributed by atoms with Crippen LogP contribution in [0.2, 0.25) is 0 Å². The van der Waals surface area contributed by atoms with E-state index < -0.39 is 31.0 Å². The second-order valence-electron chi connectivity index (χ2n) is 2.87. The molecule has 0 rings (SSSR count). The minimum atomic E-state index is -3.45. The molecule has 2 unspecified atom stereocenters. The number of aliphatic carboxylic acids is 2. The number of hydrogen-bond acceptors (Lipinski definition) is 3. The average molecular weight is 210 g/mol. The molecular weight excluding hydrogens is 199 g/mol. The van der Waals surface area contributed by atoms with E-state index in [1.165, 1.54) is 0 Å². The lowest BCUT2D eigenvalue weighted by molar-refractivity contribution is -0.150. The molecule has 0 saturated heterocycles. The Kier molecular flexibility index (Phi) is 3.63. The topological polar surface area (TPSA) is 112 Å². The molecule has 0 aromatic carbocycles. The highest BCUT2D eigenvalue weighted by atomic mass is 31.1. The van der Waals surface area contributed by atoms with Gasteiger partial charge in [-0.2, -0.15) is 0 Å². The molecule has 0 spiro atoms. The van der Waals surface area contributed by atoms with Crippen LogP contribution >= 0.6 is 8.03 Å². The van der Waals surface area contributed by atoms with Crippen molar-refractivity contribution in [3.8, 4) is 0 Å². The van der Waals surface area contributed by atoms with Crippen molar-refractivity contribution < 1.29 is 29.3 Å². The summed E-state index contributed by atoms with van der Waals surface area (Å²) in [6, 6.07) is 0. The van der Waals surface area contributed by atoms with Gasteiger partial charge in [0.05, 0.1) is 5.92 Å². The summed E-state index contributed by atoms with van der Waals surface area (Å²) < 4.78 is 10.7. The molecule has 0 radical (unpaired) electrons. The van der Waals surface area contributed by atoms with E-state index in [2.05, 4.69) is 0 Å². The Bertz CT molecular complexity index is 246. The van der Waals surface area contributed by atoms with Crippen LogP contribution in [0, 0.1) is 5.92 Å². The van der Waals surface area contributed by atoms with Gasteiger partial charge >= 0.3 is 11.9 Å². The van der Waals surface area contributed by atoms with Crippen LogP contribution in [0.5, 0.6) is 0 Å². The fraction of sp³-hybridized carbons (Fsp3) is 0.667. The zero-order valence-electron chi connectivity index (χ0n) is 7.14. The summed E-state index contributed by atoms with van der Waals surface area (Å²) in [5.41, 5.74) is 0. The molecule has 3 N–H and O–H groups in total. The van der Waals surface area contributed by atoms with E-state index in [-0.39, 0.29) is 0 Å². The first-order valence-corrected chi connectivity index (χ1v) is 4.79. The summed E-state index contributed by atoms with van der Waals surface area (Å²) >= 11 is 0. The van der Waals surface area contributed by atoms with Crippen molar-refractivity contribution >= 4 is 20.0 Å². The summed E-state index contributed by atoms with van der Waals surface area (Å²) in [6.07, 6.45) is 0. The van der Waals surface area contributed by atoms with Gasteiger partial charge in [0.1, 0.15) is 0 Å². The summed E-state index contributed by atoms with van der Waals surface area (Å²) in [5, 5.41) is 15.0. The molecule has 13 heavy (non-hydrogen) atoms. The van der Waals surface area contributed by atoms with Gasteiger partial charge in [-0.05, 0) is 6.92 Å². The van der Waals surface area contributed by atoms with Crippen molar-refractivity contribution in [2.45, 2.75) is 19.0 Å². The summed E-state index contributed by atoms with van der Waals surface area (Å²) in [4.78, 5) is 29.8. The second-order valence-corrected chi connectivity index (χ2v) is 4.52. The monoisotopic (exact) mass is 210 g/mol. The molecule has 0 amide bonds. The lowest BCUT2D eigenvalue weighted by atomic mass is 9.95. The van der Waals surface area contributed by atoms with Gasteiger partial charge in [0.25, 0.3) is 0 Å². The van der Waals surface area contributed by atoms with Crippen molar-refractivity contribution in [1.82, 2.24) is 0 Å². The van der Waals surface area contributed by atoms with E-state index in [1.54, 1.807) is 0 Å². The Morgan fingerprint density at radius 1 is 1.38 bits per heavy atom. The third kappa shape index (κ3) is 2.08. The number of rotatable bonds is 4. The number of carboxylic acids is 2. The van der Waals surface area contributed by atoms with Crippen molar-refractivity contribution in [1.29, 1.82) is 0 Å². The Labute approximate surface area is 75.1 Å². The van der Waals surface area contributed by atoms with Gasteiger partial charge in [0.15, 0.2) is 5.16 Å². The van der Waals surface area contributed by atoms with Crippen molar-refractivity contribution in [2.75, 3.05) is 0 Å². The SMILES string of the molecule is C[C@@H](C(=O)O)C(C)(C(=O)O)[PH](=O)O. The molecular formula is C6H11O6P. The first-order chi connectivity index (χ1) is 5.74. The van der Waals surface area contributed by atoms with Gasteiger partial charge in [-0.25, -0.2) is 0 Å². The van der Waals surface area contributed by atoms with Crippen molar-refractivity contribution in [2.24, 2.45) is 5.92 Å². The lowest BCUT2D eigenvalue weighted by Gasteiger charge is -2.24. The van der Waals surface area contributed by atoms with E-state index in [9.17, 15) is 14.2 Å². The van der Waals surface area contributed by atoms with Gasteiger partial charge < -0.3 is 15.1 Å². The van der Waals surface area contributed by atoms with Crippen LogP contribution in [0.4, 0.5) is 0 Å². The normalized spacial score (nSPS) is 19.9. The van der Waals surface area contributed by atoms with Crippen molar-refractivity contribution in [3.05, 3.63) is 0 Å². The van der Waals surface area contributed by atoms with Crippen LogP contribution in [-0.4, -0.2) is 32.2 Å². The highest BCUT2D eigenvalue weighted by Gasteiger charge is 2.47. The maximum absolute atomic E-state index is 10.7. The van der Waals surface area contributed by atoms with Crippen LogP contribution in [0.25, 0.3) is 0 Å². The molecule has 0 aliphatic heterocycles. The zero-order valence-corrected chi connectivity index (χ0v) is 8.14. The maximum atomic E-state index is 10.7. The van der Waals surface area contributed by atoms with E-state index in [1.807, 2.05) is 0 Å². The lowest BCUT2D eigenvalue weighted by Crippen LogP contribution is -2.42. The third-order valence-electron chi connectivity index (χ3n) is 2.12. The first-order valence-electron chi connectivity index (χ1n) is 3.44. The molecule has 7 heteroatoms. The van der Waals surface area contributed by atoms with E-state index in [0.29, 0.717) is 0 Å². The summed E-state index contributed by atoms with van der Waals surface area (Å²) in [7, 11) is -3.45. The molecule has 0 aliphatic rings. The van der Waals surface area contributed by atoms with E-state index >= 15 is 0 Å². The molecule has 0 bridgehead atoms. The molecule has 6 nitrogen and oxygen atoms in total. The molecule has 0 aromatic rings. The van der Waals surface area contributed by atoms with Crippen LogP contribution in [0.15, 0.2) is 0 Å². The Hall–Kier alpha value is -0.870. The van der Waals surface area contributed by atoms with Crippen LogP contribution in [0.3, 0.4) is 0 Å². The third-order valence-corrected chi connectivity index (χ3v) is 3.66. The fourth-order valence-corrected chi connectivity index (χ4v) is 1.39. The largest absolute Gasteiger partial charge is 0.481 e. The highest BCUT2D eigenvalue weighted by molar-refractivity contribution is 7.41. The molecule has 0 fully saturated rings. The Balaban J connectivity index is 5.13. The molecule has 0 heterocycles. The van der Waals surface area contributed by atoms with E-state index in [4.69, 9.17) is 15.1 Å². The summed E-state index contributed by atoms with van der Waals surface area (Å²) in [5.74, 6) is -4.38. The molecule has 0 aliphatic carbocycles. The molecule has 76 valence electrons. The van der Waals surface area contributed by atoms with Crippen LogP contribution < -0.4 is 0 Å². The number of carboxylic acid groups (broad SMARTS) is 2. The van der Waals surface area contributed by atoms with Crippen LogP contribution in [-0.2, 0) is 14.2 Å². The predicted molar refractivity (Wildman–Crippen MR) is 44.1 cm³/mol. The predicted octanol–water partition coefficient (Wildman–Crippen LogP) is 0.0174. The standard InChI is InChI=1S/C6H11O6P/c1-3(4(7)8)6(2,5(9)10)13(11)12/h3,13H,1-2H3,(H,7,8)(H,9,10)(H,11,12)/t3-,6?/m0/s1. The summed E-state index contributed by atoms with van der Waals surface area (Å²) in [6.45, 7) is 2.05. The zero-order chi connectivity index (χ0) is 10.8. The fourth-order valence-electron chi connectivity index (χ4n) is 0.709. The molecule has 0 saturated carbocycles. The molecule has 0 aromatic heterocycles. The minimum absolute atomic E-state index is 0.954. The minimum Gasteiger partial charge on any atom is -0.481 e. The van der Waals surface area contributed by atoms with Gasteiger partial charge in [-0.3, -0.25) is 14.2 Å². The van der Waals surface area contributed by atoms with Crippen molar-refractivity contribution in [3.63, 3.8) is 0 Å². The smallest absolute Gasteiger partial charge is 0.319 e. The van der Waals surface area contributed by atoms with E-state index in [0.717, 1.165) is 13.8 Å². The average Bonchev–Trinajstić information content (AvgIpc) is 2.00. The van der Waals surface area contributed by atoms with Gasteiger partial charge in [-0.15, -0.1) is 0 Å². The van der Waals surface area contributed by atoms with Gasteiger partial charge in [0.2, 0.25) is 8.03 Å². The number of carbonyl (C=O) groups is 2. The maximum Gasteiger partial charge on any atom is 0.319 e. The van der Waals surface area contributed by atoms with Gasteiger partial charge in [0, 0.05) is 0 Å². The quantitative estimate of drug-likeness (QED) is 0.564. The Morgan fingerprint density at radius 3 is 1.85 bits per heavy atom. The highest BCUT2D eigenvalue weighted by Crippen LogP contribution is 2.41. The Morgan fingerprint density at radius 2 is 1.77 bits per heavy atom. The van der Waals surface area contributed by atoms with Gasteiger partial charge in [-0.1, -0.05) is 6.92 Å². The molecule has 3 atom stereocenters. The number of hydrogen-bond donors (Lipinski definition) is 3. The first kappa shape index (κ1) is 12.1. The van der Waals surface area contributed by atoms with Crippen LogP contribution in [0.1, 0.15) is 13.8 Å².